The molecule has 3 nitrogen and oxygen atoms in total. The topological polar surface area (TPSA) is 50.9 Å². The van der Waals surface area contributed by atoms with Gasteiger partial charge in [0, 0.05) is 29.7 Å². The maximum absolute atomic E-state index is 6.12. The van der Waals surface area contributed by atoms with Crippen LogP contribution in [-0.2, 0) is 6.54 Å². The summed E-state index contributed by atoms with van der Waals surface area (Å²) < 4.78 is 0. The number of rotatable bonds is 6. The van der Waals surface area contributed by atoms with Crippen molar-refractivity contribution < 1.29 is 0 Å². The van der Waals surface area contributed by atoms with Crippen LogP contribution in [0.3, 0.4) is 0 Å². The molecule has 0 aliphatic heterocycles. The van der Waals surface area contributed by atoms with Gasteiger partial charge in [-0.05, 0) is 20.3 Å². The first-order valence-corrected chi connectivity index (χ1v) is 6.26. The zero-order chi connectivity index (χ0) is 11.3. The molecule has 1 unspecified atom stereocenters. The molecule has 0 aliphatic carbocycles. The molecule has 0 fully saturated rings. The molecule has 15 heavy (non-hydrogen) atoms. The van der Waals surface area contributed by atoms with Crippen molar-refractivity contribution in [2.24, 2.45) is 5.73 Å². The SMILES string of the molecule is CCCC(C)(N)CNCc1ncc(C)s1. The number of thiazole rings is 1. The Balaban J connectivity index is 2.27. The highest BCUT2D eigenvalue weighted by molar-refractivity contribution is 7.11. The van der Waals surface area contributed by atoms with Crippen LogP contribution in [0.1, 0.15) is 36.6 Å². The van der Waals surface area contributed by atoms with Gasteiger partial charge in [-0.25, -0.2) is 4.98 Å². The summed E-state index contributed by atoms with van der Waals surface area (Å²) in [6.45, 7) is 8.01. The maximum Gasteiger partial charge on any atom is 0.107 e. The Hall–Kier alpha value is -0.450. The first-order valence-electron chi connectivity index (χ1n) is 5.44. The number of nitrogens with two attached hydrogens (primary N) is 1. The fourth-order valence-electron chi connectivity index (χ4n) is 1.60. The van der Waals surface area contributed by atoms with Gasteiger partial charge in [-0.2, -0.15) is 0 Å². The van der Waals surface area contributed by atoms with Crippen LogP contribution in [0.5, 0.6) is 0 Å². The summed E-state index contributed by atoms with van der Waals surface area (Å²) in [6, 6.07) is 0. The molecule has 0 amide bonds. The first-order chi connectivity index (χ1) is 7.03. The fraction of sp³-hybridized carbons (Fsp3) is 0.727. The Morgan fingerprint density at radius 3 is 2.87 bits per heavy atom. The lowest BCUT2D eigenvalue weighted by molar-refractivity contribution is 0.396. The lowest BCUT2D eigenvalue weighted by Gasteiger charge is -2.24. The molecule has 4 heteroatoms. The van der Waals surface area contributed by atoms with E-state index in [0.717, 1.165) is 30.9 Å². The van der Waals surface area contributed by atoms with E-state index < -0.39 is 0 Å². The summed E-state index contributed by atoms with van der Waals surface area (Å²) in [4.78, 5) is 5.56. The van der Waals surface area contributed by atoms with E-state index in [2.05, 4.69) is 31.1 Å². The second-order valence-corrected chi connectivity index (χ2v) is 5.69. The van der Waals surface area contributed by atoms with Crippen LogP contribution >= 0.6 is 11.3 Å². The Kier molecular flexibility index (Phi) is 4.70. The lowest BCUT2D eigenvalue weighted by atomic mass is 9.98. The maximum atomic E-state index is 6.12. The molecule has 1 rings (SSSR count). The third-order valence-electron chi connectivity index (χ3n) is 2.30. The molecule has 0 saturated carbocycles. The average Bonchev–Trinajstić information content (AvgIpc) is 2.51. The van der Waals surface area contributed by atoms with Crippen molar-refractivity contribution in [3.8, 4) is 0 Å². The van der Waals surface area contributed by atoms with Gasteiger partial charge in [0.1, 0.15) is 5.01 Å². The normalized spacial score (nSPS) is 15.2. The molecule has 0 saturated heterocycles. The zero-order valence-electron chi connectivity index (χ0n) is 9.84. The number of aromatic nitrogens is 1. The fourth-order valence-corrected chi connectivity index (χ4v) is 2.35. The third kappa shape index (κ3) is 4.73. The minimum absolute atomic E-state index is 0.0962. The standard InChI is InChI=1S/C11H21N3S/c1-4-5-11(3,12)8-13-7-10-14-6-9(2)15-10/h6,13H,4-5,7-8,12H2,1-3H3. The van der Waals surface area contributed by atoms with Crippen LogP contribution in [0.25, 0.3) is 0 Å². The second-order valence-electron chi connectivity index (χ2n) is 4.37. The molecule has 1 heterocycles. The van der Waals surface area contributed by atoms with Crippen LogP contribution in [-0.4, -0.2) is 17.1 Å². The van der Waals surface area contributed by atoms with Crippen LogP contribution in [0.4, 0.5) is 0 Å². The quantitative estimate of drug-likeness (QED) is 0.782. The van der Waals surface area contributed by atoms with Gasteiger partial charge >= 0.3 is 0 Å². The minimum Gasteiger partial charge on any atom is -0.324 e. The van der Waals surface area contributed by atoms with Crippen molar-refractivity contribution in [1.29, 1.82) is 0 Å². The molecular weight excluding hydrogens is 206 g/mol. The number of hydrogen-bond acceptors (Lipinski definition) is 4. The summed E-state index contributed by atoms with van der Waals surface area (Å²) in [5.41, 5.74) is 6.02. The van der Waals surface area contributed by atoms with Gasteiger partial charge < -0.3 is 11.1 Å². The summed E-state index contributed by atoms with van der Waals surface area (Å²) in [5.74, 6) is 0. The van der Waals surface area contributed by atoms with Crippen molar-refractivity contribution in [3.05, 3.63) is 16.1 Å². The molecular formula is C11H21N3S. The second kappa shape index (κ2) is 5.58. The van der Waals surface area contributed by atoms with Gasteiger partial charge in [-0.1, -0.05) is 13.3 Å². The molecule has 0 bridgehead atoms. The number of nitrogens with one attached hydrogen (secondary N) is 1. The Labute approximate surface area is 96.1 Å². The third-order valence-corrected chi connectivity index (χ3v) is 3.21. The molecule has 86 valence electrons. The molecule has 0 radical (unpaired) electrons. The van der Waals surface area contributed by atoms with E-state index in [1.54, 1.807) is 11.3 Å². The highest BCUT2D eigenvalue weighted by Crippen LogP contribution is 2.11. The average molecular weight is 227 g/mol. The predicted molar refractivity (Wildman–Crippen MR) is 66.1 cm³/mol. The summed E-state index contributed by atoms with van der Waals surface area (Å²) >= 11 is 1.74. The van der Waals surface area contributed by atoms with Crippen molar-refractivity contribution in [1.82, 2.24) is 10.3 Å². The molecule has 0 aromatic carbocycles. The first kappa shape index (κ1) is 12.6. The predicted octanol–water partition coefficient (Wildman–Crippen LogP) is 2.06. The van der Waals surface area contributed by atoms with E-state index in [-0.39, 0.29) is 5.54 Å². The smallest absolute Gasteiger partial charge is 0.107 e. The van der Waals surface area contributed by atoms with E-state index in [0.29, 0.717) is 0 Å². The minimum atomic E-state index is -0.0962. The molecule has 1 atom stereocenters. The highest BCUT2D eigenvalue weighted by atomic mass is 32.1. The van der Waals surface area contributed by atoms with Crippen LogP contribution in [0, 0.1) is 6.92 Å². The van der Waals surface area contributed by atoms with E-state index >= 15 is 0 Å². The van der Waals surface area contributed by atoms with E-state index in [4.69, 9.17) is 5.73 Å². The van der Waals surface area contributed by atoms with Crippen molar-refractivity contribution in [3.63, 3.8) is 0 Å². The highest BCUT2D eigenvalue weighted by Gasteiger charge is 2.16. The van der Waals surface area contributed by atoms with Gasteiger partial charge in [-0.3, -0.25) is 0 Å². The van der Waals surface area contributed by atoms with Crippen molar-refractivity contribution >= 4 is 11.3 Å². The number of hydrogen-bond donors (Lipinski definition) is 2. The van der Waals surface area contributed by atoms with Crippen molar-refractivity contribution in [2.75, 3.05) is 6.54 Å². The zero-order valence-corrected chi connectivity index (χ0v) is 10.7. The summed E-state index contributed by atoms with van der Waals surface area (Å²) in [6.07, 6.45) is 4.09. The summed E-state index contributed by atoms with van der Waals surface area (Å²) in [5, 5.41) is 4.50. The van der Waals surface area contributed by atoms with Gasteiger partial charge in [0.2, 0.25) is 0 Å². The van der Waals surface area contributed by atoms with E-state index in [1.165, 1.54) is 4.88 Å². The molecule has 1 aromatic rings. The number of nitrogens with zero attached hydrogens (tertiary/aromatic N) is 1. The Morgan fingerprint density at radius 1 is 1.60 bits per heavy atom. The monoisotopic (exact) mass is 227 g/mol. The largest absolute Gasteiger partial charge is 0.324 e. The number of aryl methyl sites for hydroxylation is 1. The van der Waals surface area contributed by atoms with Crippen LogP contribution < -0.4 is 11.1 Å². The van der Waals surface area contributed by atoms with Crippen LogP contribution in [0.2, 0.25) is 0 Å². The van der Waals surface area contributed by atoms with E-state index in [9.17, 15) is 0 Å². The van der Waals surface area contributed by atoms with Gasteiger partial charge in [0.15, 0.2) is 0 Å². The lowest BCUT2D eigenvalue weighted by Crippen LogP contribution is -2.45. The van der Waals surface area contributed by atoms with E-state index in [1.807, 2.05) is 6.20 Å². The molecule has 0 aliphatic rings. The summed E-state index contributed by atoms with van der Waals surface area (Å²) in [7, 11) is 0. The van der Waals surface area contributed by atoms with Gasteiger partial charge in [0.25, 0.3) is 0 Å². The Bertz CT molecular complexity index is 294. The molecule has 1 aromatic heterocycles. The van der Waals surface area contributed by atoms with Gasteiger partial charge in [0.05, 0.1) is 0 Å². The van der Waals surface area contributed by atoms with Gasteiger partial charge in [-0.15, -0.1) is 11.3 Å². The Morgan fingerprint density at radius 2 is 2.33 bits per heavy atom. The van der Waals surface area contributed by atoms with Crippen molar-refractivity contribution in [2.45, 2.75) is 45.7 Å². The molecule has 0 spiro atoms. The van der Waals surface area contributed by atoms with Crippen LogP contribution in [0.15, 0.2) is 6.20 Å². The molecule has 3 N–H and O–H groups in total.